The zero-order chi connectivity index (χ0) is 12.7. The fourth-order valence-electron chi connectivity index (χ4n) is 1.96. The van der Waals surface area contributed by atoms with Crippen LogP contribution in [0, 0.1) is 0 Å². The topological polar surface area (TPSA) is 68.3 Å². The first-order valence-electron chi connectivity index (χ1n) is 5.03. The summed E-state index contributed by atoms with van der Waals surface area (Å²) in [6, 6.07) is 6.06. The van der Waals surface area contributed by atoms with E-state index < -0.39 is 18.9 Å². The maximum absolute atomic E-state index is 11.3. The predicted molar refractivity (Wildman–Crippen MR) is 65.5 cm³/mol. The molecule has 0 unspecified atom stereocenters. The maximum atomic E-state index is 11.3. The van der Waals surface area contributed by atoms with E-state index in [1.54, 1.807) is 12.1 Å². The summed E-state index contributed by atoms with van der Waals surface area (Å²) in [4.78, 5) is 0.0313. The number of hydrogen-bond acceptors (Lipinski definition) is 4. The summed E-state index contributed by atoms with van der Waals surface area (Å²) in [7, 11) is -1.45. The minimum absolute atomic E-state index is 0.0313. The van der Waals surface area contributed by atoms with Crippen LogP contribution in [0.2, 0.25) is 0 Å². The average molecular weight is 295 g/mol. The van der Waals surface area contributed by atoms with Crippen molar-refractivity contribution in [2.24, 2.45) is 0 Å². The van der Waals surface area contributed by atoms with Gasteiger partial charge in [-0.1, -0.05) is 12.1 Å². The van der Waals surface area contributed by atoms with E-state index in [9.17, 15) is 16.8 Å². The third-order valence-electron chi connectivity index (χ3n) is 2.87. The van der Waals surface area contributed by atoms with Gasteiger partial charge in [0.15, 0.2) is 9.84 Å². The normalized spacial score (nSPS) is 23.7. The number of sulfone groups is 1. The Morgan fingerprint density at radius 2 is 1.76 bits per heavy atom. The van der Waals surface area contributed by atoms with E-state index in [0.29, 0.717) is 6.42 Å². The van der Waals surface area contributed by atoms with Gasteiger partial charge in [-0.3, -0.25) is 0 Å². The highest BCUT2D eigenvalue weighted by Crippen LogP contribution is 2.29. The zero-order valence-corrected chi connectivity index (χ0v) is 11.2. The number of benzene rings is 1. The molecule has 0 aromatic heterocycles. The van der Waals surface area contributed by atoms with Crippen LogP contribution >= 0.6 is 10.7 Å². The molecule has 94 valence electrons. The van der Waals surface area contributed by atoms with Gasteiger partial charge in [-0.15, -0.1) is 0 Å². The van der Waals surface area contributed by atoms with Crippen LogP contribution in [0.3, 0.4) is 0 Å². The Labute approximate surface area is 105 Å². The van der Waals surface area contributed by atoms with E-state index in [4.69, 9.17) is 10.7 Å². The molecule has 1 aliphatic heterocycles. The second kappa shape index (κ2) is 4.26. The van der Waals surface area contributed by atoms with E-state index in [-0.39, 0.29) is 22.3 Å². The van der Waals surface area contributed by atoms with Gasteiger partial charge in [0, 0.05) is 10.7 Å². The predicted octanol–water partition coefficient (Wildman–Crippen LogP) is 1.52. The minimum Gasteiger partial charge on any atom is -0.229 e. The molecule has 7 heteroatoms. The van der Waals surface area contributed by atoms with Crippen molar-refractivity contribution < 1.29 is 16.8 Å². The van der Waals surface area contributed by atoms with Gasteiger partial charge < -0.3 is 0 Å². The van der Waals surface area contributed by atoms with Gasteiger partial charge in [0.2, 0.25) is 0 Å². The van der Waals surface area contributed by atoms with Crippen molar-refractivity contribution in [3.63, 3.8) is 0 Å². The quantitative estimate of drug-likeness (QED) is 0.776. The Balaban J connectivity index is 2.26. The molecule has 2 rings (SSSR count). The summed E-state index contributed by atoms with van der Waals surface area (Å²) in [5.74, 6) is 0.305. The van der Waals surface area contributed by atoms with Crippen molar-refractivity contribution in [1.29, 1.82) is 0 Å². The van der Waals surface area contributed by atoms with Crippen LogP contribution < -0.4 is 0 Å². The van der Waals surface area contributed by atoms with Gasteiger partial charge in [0.1, 0.15) is 0 Å². The highest BCUT2D eigenvalue weighted by Gasteiger charge is 2.29. The van der Waals surface area contributed by atoms with E-state index in [1.165, 1.54) is 12.1 Å². The first-order chi connectivity index (χ1) is 7.78. The number of rotatable bonds is 2. The van der Waals surface area contributed by atoms with Gasteiger partial charge >= 0.3 is 0 Å². The Morgan fingerprint density at radius 1 is 1.18 bits per heavy atom. The molecule has 0 spiro atoms. The molecule has 1 atom stereocenters. The molecule has 1 saturated heterocycles. The highest BCUT2D eigenvalue weighted by molar-refractivity contribution is 8.13. The van der Waals surface area contributed by atoms with Crippen molar-refractivity contribution >= 4 is 29.6 Å². The lowest BCUT2D eigenvalue weighted by atomic mass is 9.99. The van der Waals surface area contributed by atoms with Crippen LogP contribution in [0.4, 0.5) is 0 Å². The Hall–Kier alpha value is -0.590. The van der Waals surface area contributed by atoms with Gasteiger partial charge in [-0.2, -0.15) is 0 Å². The summed E-state index contributed by atoms with van der Waals surface area (Å²) in [5, 5.41) is 0. The largest absolute Gasteiger partial charge is 0.261 e. The SMILES string of the molecule is O=S1(=O)CC[C@H](c2ccc(S(=O)(=O)Cl)cc2)C1. The first-order valence-corrected chi connectivity index (χ1v) is 9.16. The van der Waals surface area contributed by atoms with Crippen LogP contribution in [0.1, 0.15) is 17.9 Å². The van der Waals surface area contributed by atoms with Crippen LogP contribution in [0.15, 0.2) is 29.2 Å². The molecule has 0 N–H and O–H groups in total. The third kappa shape index (κ3) is 3.00. The summed E-state index contributed by atoms with van der Waals surface area (Å²) < 4.78 is 44.7. The van der Waals surface area contributed by atoms with Crippen molar-refractivity contribution in [2.75, 3.05) is 11.5 Å². The summed E-state index contributed by atoms with van der Waals surface area (Å²) in [6.45, 7) is 0. The summed E-state index contributed by atoms with van der Waals surface area (Å²) >= 11 is 0. The second-order valence-electron chi connectivity index (χ2n) is 4.11. The van der Waals surface area contributed by atoms with Gasteiger partial charge in [0.05, 0.1) is 16.4 Å². The minimum atomic E-state index is -3.71. The number of halogens is 1. The number of hydrogen-bond donors (Lipinski definition) is 0. The average Bonchev–Trinajstić information content (AvgIpc) is 2.58. The maximum Gasteiger partial charge on any atom is 0.261 e. The van der Waals surface area contributed by atoms with Crippen molar-refractivity contribution in [1.82, 2.24) is 0 Å². The van der Waals surface area contributed by atoms with Crippen molar-refractivity contribution in [3.8, 4) is 0 Å². The molecule has 0 aliphatic carbocycles. The lowest BCUT2D eigenvalue weighted by Crippen LogP contribution is -2.04. The van der Waals surface area contributed by atoms with Crippen molar-refractivity contribution in [2.45, 2.75) is 17.2 Å². The lowest BCUT2D eigenvalue weighted by molar-refractivity contribution is 0.601. The molecule has 0 amide bonds. The van der Waals surface area contributed by atoms with Gasteiger partial charge in [-0.05, 0) is 30.0 Å². The fourth-order valence-corrected chi connectivity index (χ4v) is 4.51. The van der Waals surface area contributed by atoms with Crippen LogP contribution in [0.25, 0.3) is 0 Å². The molecule has 4 nitrogen and oxygen atoms in total. The highest BCUT2D eigenvalue weighted by atomic mass is 35.7. The van der Waals surface area contributed by atoms with Crippen molar-refractivity contribution in [3.05, 3.63) is 29.8 Å². The summed E-state index contributed by atoms with van der Waals surface area (Å²) in [6.07, 6.45) is 0.593. The first kappa shape index (κ1) is 12.9. The molecule has 0 saturated carbocycles. The molecule has 0 radical (unpaired) electrons. The van der Waals surface area contributed by atoms with Gasteiger partial charge in [0.25, 0.3) is 9.05 Å². The Kier molecular flexibility index (Phi) is 3.22. The van der Waals surface area contributed by atoms with Crippen LogP contribution in [-0.4, -0.2) is 28.3 Å². The lowest BCUT2D eigenvalue weighted by Gasteiger charge is -2.07. The van der Waals surface area contributed by atoms with Crippen LogP contribution in [0.5, 0.6) is 0 Å². The standard InChI is InChI=1S/C10H11ClO4S2/c11-17(14,15)10-3-1-8(2-4-10)9-5-6-16(12,13)7-9/h1-4,9H,5-7H2/t9-/m0/s1. The van der Waals surface area contributed by atoms with E-state index in [2.05, 4.69) is 0 Å². The second-order valence-corrected chi connectivity index (χ2v) is 8.90. The van der Waals surface area contributed by atoms with Gasteiger partial charge in [-0.25, -0.2) is 16.8 Å². The smallest absolute Gasteiger partial charge is 0.229 e. The molecule has 0 bridgehead atoms. The Bertz CT molecular complexity index is 617. The molecule has 1 aliphatic rings. The fraction of sp³-hybridized carbons (Fsp3) is 0.400. The van der Waals surface area contributed by atoms with E-state index in [1.807, 2.05) is 0 Å². The molecular weight excluding hydrogens is 284 g/mol. The van der Waals surface area contributed by atoms with Crippen LogP contribution in [-0.2, 0) is 18.9 Å². The zero-order valence-electron chi connectivity index (χ0n) is 8.84. The third-order valence-corrected chi connectivity index (χ3v) is 6.00. The van der Waals surface area contributed by atoms with E-state index in [0.717, 1.165) is 5.56 Å². The molecule has 1 fully saturated rings. The molecule has 1 heterocycles. The monoisotopic (exact) mass is 294 g/mol. The molecule has 1 aromatic rings. The van der Waals surface area contributed by atoms with E-state index >= 15 is 0 Å². The molecule has 1 aromatic carbocycles. The molecular formula is C10H11ClO4S2. The molecule has 17 heavy (non-hydrogen) atoms. The Morgan fingerprint density at radius 3 is 2.18 bits per heavy atom. The summed E-state index contributed by atoms with van der Waals surface area (Å²) in [5.41, 5.74) is 0.843.